The highest BCUT2D eigenvalue weighted by Gasteiger charge is 2.17. The van der Waals surface area contributed by atoms with Crippen LogP contribution in [0.4, 0.5) is 0 Å². The highest BCUT2D eigenvalue weighted by Crippen LogP contribution is 2.16. The van der Waals surface area contributed by atoms with Crippen molar-refractivity contribution >= 4 is 5.91 Å². The highest BCUT2D eigenvalue weighted by molar-refractivity contribution is 5.76. The summed E-state index contributed by atoms with van der Waals surface area (Å²) in [6, 6.07) is 0.385. The molecule has 1 rings (SSSR count). The van der Waals surface area contributed by atoms with Gasteiger partial charge in [0, 0.05) is 50.4 Å². The molecule has 0 fully saturated rings. The average molecular weight is 292 g/mol. The first-order chi connectivity index (χ1) is 9.86. The summed E-state index contributed by atoms with van der Waals surface area (Å²) in [4.78, 5) is 14.0. The molecule has 5 heteroatoms. The van der Waals surface area contributed by atoms with Gasteiger partial charge in [-0.2, -0.15) is 5.10 Å². The van der Waals surface area contributed by atoms with Crippen molar-refractivity contribution in [3.63, 3.8) is 0 Å². The molecule has 21 heavy (non-hydrogen) atoms. The van der Waals surface area contributed by atoms with Crippen LogP contribution in [-0.4, -0.2) is 39.7 Å². The van der Waals surface area contributed by atoms with Gasteiger partial charge in [-0.25, -0.2) is 0 Å². The average Bonchev–Trinajstić information content (AvgIpc) is 2.66. The molecule has 1 aromatic rings. The van der Waals surface area contributed by atoms with Crippen molar-refractivity contribution in [2.24, 2.45) is 7.05 Å². The Morgan fingerprint density at radius 1 is 1.48 bits per heavy atom. The Labute approximate surface area is 128 Å². The number of rotatable bonds is 8. The van der Waals surface area contributed by atoms with Gasteiger partial charge in [0.15, 0.2) is 0 Å². The minimum atomic E-state index is 0.0696. The lowest BCUT2D eigenvalue weighted by molar-refractivity contribution is -0.121. The van der Waals surface area contributed by atoms with Gasteiger partial charge in [-0.05, 0) is 27.7 Å². The lowest BCUT2D eigenvalue weighted by Crippen LogP contribution is -2.35. The Kier molecular flexibility index (Phi) is 6.62. The van der Waals surface area contributed by atoms with Crippen LogP contribution in [-0.2, 0) is 18.4 Å². The van der Waals surface area contributed by atoms with Crippen LogP contribution in [0.1, 0.15) is 37.2 Å². The van der Waals surface area contributed by atoms with E-state index in [1.807, 2.05) is 18.7 Å². The van der Waals surface area contributed by atoms with Gasteiger partial charge in [-0.3, -0.25) is 14.4 Å². The molecule has 0 bridgehead atoms. The van der Waals surface area contributed by atoms with E-state index < -0.39 is 0 Å². The minimum Gasteiger partial charge on any atom is -0.353 e. The maximum absolute atomic E-state index is 11.7. The molecule has 0 aliphatic heterocycles. The van der Waals surface area contributed by atoms with E-state index in [-0.39, 0.29) is 5.91 Å². The number of hydrogen-bond donors (Lipinski definition) is 1. The second-order valence-corrected chi connectivity index (χ2v) is 5.68. The summed E-state index contributed by atoms with van der Waals surface area (Å²) >= 11 is 0. The Hall–Kier alpha value is -1.62. The zero-order valence-electron chi connectivity index (χ0n) is 13.9. The molecule has 0 saturated carbocycles. The third-order valence-electron chi connectivity index (χ3n) is 3.82. The molecule has 1 heterocycles. The summed E-state index contributed by atoms with van der Waals surface area (Å²) in [6.45, 7) is 14.1. The highest BCUT2D eigenvalue weighted by atomic mass is 16.1. The first-order valence-electron chi connectivity index (χ1n) is 7.47. The number of aromatic nitrogens is 2. The van der Waals surface area contributed by atoms with Gasteiger partial charge in [0.25, 0.3) is 0 Å². The second kappa shape index (κ2) is 7.98. The zero-order chi connectivity index (χ0) is 16.0. The minimum absolute atomic E-state index is 0.0696. The number of amides is 1. The molecule has 0 aliphatic rings. The van der Waals surface area contributed by atoms with Crippen molar-refractivity contribution in [1.82, 2.24) is 20.0 Å². The Morgan fingerprint density at radius 3 is 2.62 bits per heavy atom. The fourth-order valence-electron chi connectivity index (χ4n) is 2.29. The fourth-order valence-corrected chi connectivity index (χ4v) is 2.29. The molecule has 1 amide bonds. The maximum Gasteiger partial charge on any atom is 0.221 e. The lowest BCUT2D eigenvalue weighted by atomic mass is 10.1. The number of aryl methyl sites for hydroxylation is 2. The van der Waals surface area contributed by atoms with Crippen LogP contribution in [0.3, 0.4) is 0 Å². The first-order valence-corrected chi connectivity index (χ1v) is 7.47. The first kappa shape index (κ1) is 17.4. The van der Waals surface area contributed by atoms with Gasteiger partial charge in [0.1, 0.15) is 0 Å². The number of nitrogens with one attached hydrogen (secondary N) is 1. The fraction of sp³-hybridized carbons (Fsp3) is 0.625. The Morgan fingerprint density at radius 2 is 2.14 bits per heavy atom. The predicted octanol–water partition coefficient (Wildman–Crippen LogP) is 1.94. The number of hydrogen-bond acceptors (Lipinski definition) is 3. The van der Waals surface area contributed by atoms with E-state index in [1.165, 1.54) is 11.3 Å². The van der Waals surface area contributed by atoms with Crippen LogP contribution in [0.15, 0.2) is 12.7 Å². The van der Waals surface area contributed by atoms with Crippen LogP contribution < -0.4 is 5.32 Å². The maximum atomic E-state index is 11.7. The molecule has 0 atom stereocenters. The van der Waals surface area contributed by atoms with Crippen LogP contribution in [0.5, 0.6) is 0 Å². The molecule has 5 nitrogen and oxygen atoms in total. The molecule has 0 aromatic carbocycles. The monoisotopic (exact) mass is 292 g/mol. The van der Waals surface area contributed by atoms with Crippen LogP contribution in [0, 0.1) is 13.8 Å². The van der Waals surface area contributed by atoms with Crippen molar-refractivity contribution in [3.8, 4) is 0 Å². The molecular formula is C16H28N4O. The standard InChI is InChI=1S/C16H28N4O/c1-7-9-17-16(21)8-10-20(12(2)3)11-15-13(4)18-19(6)14(15)5/h7,12H,1,8-11H2,2-6H3,(H,17,21). The molecule has 0 aliphatic carbocycles. The summed E-state index contributed by atoms with van der Waals surface area (Å²) in [5.41, 5.74) is 3.52. The van der Waals surface area contributed by atoms with Crippen molar-refractivity contribution < 1.29 is 4.79 Å². The van der Waals surface area contributed by atoms with Gasteiger partial charge in [0.2, 0.25) is 5.91 Å². The third kappa shape index (κ3) is 5.01. The summed E-state index contributed by atoms with van der Waals surface area (Å²) in [6.07, 6.45) is 2.20. The number of carbonyl (C=O) groups excluding carboxylic acids is 1. The molecule has 0 radical (unpaired) electrons. The summed E-state index contributed by atoms with van der Waals surface area (Å²) < 4.78 is 1.92. The van der Waals surface area contributed by atoms with Gasteiger partial charge < -0.3 is 5.32 Å². The molecule has 0 unspecified atom stereocenters. The quantitative estimate of drug-likeness (QED) is 0.745. The molecular weight excluding hydrogens is 264 g/mol. The van der Waals surface area contributed by atoms with Crippen molar-refractivity contribution in [1.29, 1.82) is 0 Å². The van der Waals surface area contributed by atoms with Crippen LogP contribution >= 0.6 is 0 Å². The van der Waals surface area contributed by atoms with Gasteiger partial charge in [0.05, 0.1) is 5.69 Å². The molecule has 1 N–H and O–H groups in total. The van der Waals surface area contributed by atoms with Gasteiger partial charge in [-0.15, -0.1) is 6.58 Å². The van der Waals surface area contributed by atoms with E-state index in [0.29, 0.717) is 19.0 Å². The molecule has 118 valence electrons. The van der Waals surface area contributed by atoms with E-state index >= 15 is 0 Å². The lowest BCUT2D eigenvalue weighted by Gasteiger charge is -2.26. The SMILES string of the molecule is C=CCNC(=O)CCN(Cc1c(C)nn(C)c1C)C(C)C. The summed E-state index contributed by atoms with van der Waals surface area (Å²) in [7, 11) is 1.97. The van der Waals surface area contributed by atoms with Crippen molar-refractivity contribution in [2.45, 2.75) is 46.7 Å². The Balaban J connectivity index is 2.66. The third-order valence-corrected chi connectivity index (χ3v) is 3.82. The van der Waals surface area contributed by atoms with Gasteiger partial charge >= 0.3 is 0 Å². The van der Waals surface area contributed by atoms with E-state index in [9.17, 15) is 4.79 Å². The second-order valence-electron chi connectivity index (χ2n) is 5.68. The molecule has 0 saturated heterocycles. The number of carbonyl (C=O) groups is 1. The normalized spacial score (nSPS) is 11.2. The zero-order valence-corrected chi connectivity index (χ0v) is 13.9. The summed E-state index contributed by atoms with van der Waals surface area (Å²) in [5, 5.41) is 7.28. The van der Waals surface area contributed by atoms with Crippen molar-refractivity contribution in [2.75, 3.05) is 13.1 Å². The predicted molar refractivity (Wildman–Crippen MR) is 86.1 cm³/mol. The van der Waals surface area contributed by atoms with Gasteiger partial charge in [-0.1, -0.05) is 6.08 Å². The van der Waals surface area contributed by atoms with E-state index in [4.69, 9.17) is 0 Å². The molecule has 0 spiro atoms. The Bertz CT molecular complexity index is 491. The van der Waals surface area contributed by atoms with E-state index in [1.54, 1.807) is 6.08 Å². The van der Waals surface area contributed by atoms with Crippen LogP contribution in [0.2, 0.25) is 0 Å². The smallest absolute Gasteiger partial charge is 0.221 e. The topological polar surface area (TPSA) is 50.2 Å². The molecule has 1 aromatic heterocycles. The summed E-state index contributed by atoms with van der Waals surface area (Å²) in [5.74, 6) is 0.0696. The largest absolute Gasteiger partial charge is 0.353 e. The van der Waals surface area contributed by atoms with Crippen molar-refractivity contribution in [3.05, 3.63) is 29.6 Å². The van der Waals surface area contributed by atoms with E-state index in [0.717, 1.165) is 18.8 Å². The number of nitrogens with zero attached hydrogens (tertiary/aromatic N) is 3. The van der Waals surface area contributed by atoms with Crippen LogP contribution in [0.25, 0.3) is 0 Å². The van der Waals surface area contributed by atoms with E-state index in [2.05, 4.69) is 42.7 Å².